The highest BCUT2D eigenvalue weighted by atomic mass is 35.5. The Kier molecular flexibility index (Phi) is 6.01. The van der Waals surface area contributed by atoms with Crippen LogP contribution < -0.4 is 5.32 Å². The van der Waals surface area contributed by atoms with Crippen molar-refractivity contribution in [1.29, 1.82) is 0 Å². The molecule has 0 saturated carbocycles. The minimum atomic E-state index is -3.73. The lowest BCUT2D eigenvalue weighted by molar-refractivity contribution is 0.0948. The molecule has 1 aromatic carbocycles. The SMILES string of the molecule is O=C(NCc1ccco1)c1ccc(Cl)c(S(=O)(=O)N2CCCCCC2)c1. The Labute approximate surface area is 158 Å². The van der Waals surface area contributed by atoms with E-state index in [0.29, 0.717) is 18.8 Å². The maximum Gasteiger partial charge on any atom is 0.251 e. The van der Waals surface area contributed by atoms with Crippen molar-refractivity contribution in [2.24, 2.45) is 0 Å². The standard InChI is InChI=1S/C18H21ClN2O4S/c19-16-8-7-14(18(22)20-13-15-6-5-11-25-15)12-17(16)26(23,24)21-9-3-1-2-4-10-21/h5-8,11-12H,1-4,9-10,13H2,(H,20,22). The lowest BCUT2D eigenvalue weighted by atomic mass is 10.2. The lowest BCUT2D eigenvalue weighted by Gasteiger charge is -2.21. The highest BCUT2D eigenvalue weighted by Crippen LogP contribution is 2.27. The van der Waals surface area contributed by atoms with Gasteiger partial charge in [0, 0.05) is 18.7 Å². The van der Waals surface area contributed by atoms with E-state index in [9.17, 15) is 13.2 Å². The van der Waals surface area contributed by atoms with Crippen LogP contribution in [0.1, 0.15) is 41.8 Å². The van der Waals surface area contributed by atoms with Crippen LogP contribution in [-0.4, -0.2) is 31.7 Å². The molecule has 0 unspecified atom stereocenters. The second-order valence-electron chi connectivity index (χ2n) is 6.23. The molecule has 8 heteroatoms. The molecule has 1 aliphatic heterocycles. The molecule has 2 aromatic rings. The van der Waals surface area contributed by atoms with Crippen LogP contribution in [0, 0.1) is 0 Å². The highest BCUT2D eigenvalue weighted by molar-refractivity contribution is 7.89. The summed E-state index contributed by atoms with van der Waals surface area (Å²) in [6.07, 6.45) is 5.24. The van der Waals surface area contributed by atoms with Gasteiger partial charge in [-0.15, -0.1) is 0 Å². The first-order chi connectivity index (χ1) is 12.5. The van der Waals surface area contributed by atoms with Gasteiger partial charge in [0.15, 0.2) is 0 Å². The van der Waals surface area contributed by atoms with Crippen LogP contribution in [0.2, 0.25) is 5.02 Å². The summed E-state index contributed by atoms with van der Waals surface area (Å²) < 4.78 is 32.6. The number of rotatable bonds is 5. The summed E-state index contributed by atoms with van der Waals surface area (Å²) in [6, 6.07) is 7.79. The van der Waals surface area contributed by atoms with Gasteiger partial charge >= 0.3 is 0 Å². The number of hydrogen-bond donors (Lipinski definition) is 1. The first kappa shape index (κ1) is 18.9. The van der Waals surface area contributed by atoms with Crippen LogP contribution in [0.25, 0.3) is 0 Å². The molecule has 0 aliphatic carbocycles. The molecule has 1 amide bonds. The Hall–Kier alpha value is -1.83. The van der Waals surface area contributed by atoms with E-state index in [0.717, 1.165) is 25.7 Å². The summed E-state index contributed by atoms with van der Waals surface area (Å²) >= 11 is 6.15. The molecule has 2 heterocycles. The normalized spacial score (nSPS) is 16.2. The van der Waals surface area contributed by atoms with Crippen molar-refractivity contribution in [2.75, 3.05) is 13.1 Å². The number of carbonyl (C=O) groups is 1. The van der Waals surface area contributed by atoms with Crippen molar-refractivity contribution in [3.05, 3.63) is 52.9 Å². The monoisotopic (exact) mass is 396 g/mol. The number of halogens is 1. The van der Waals surface area contributed by atoms with Crippen molar-refractivity contribution < 1.29 is 17.6 Å². The molecule has 1 aromatic heterocycles. The van der Waals surface area contributed by atoms with E-state index in [4.69, 9.17) is 16.0 Å². The maximum atomic E-state index is 13.0. The highest BCUT2D eigenvalue weighted by Gasteiger charge is 2.28. The number of amides is 1. The molecular formula is C18H21ClN2O4S. The predicted octanol–water partition coefficient (Wildman–Crippen LogP) is 3.43. The van der Waals surface area contributed by atoms with Crippen molar-refractivity contribution >= 4 is 27.5 Å². The molecule has 0 spiro atoms. The molecule has 0 atom stereocenters. The zero-order valence-electron chi connectivity index (χ0n) is 14.3. The van der Waals surface area contributed by atoms with E-state index in [1.165, 1.54) is 28.8 Å². The summed E-state index contributed by atoms with van der Waals surface area (Å²) in [6.45, 7) is 1.18. The van der Waals surface area contributed by atoms with E-state index in [1.807, 2.05) is 0 Å². The molecule has 1 N–H and O–H groups in total. The number of benzene rings is 1. The van der Waals surface area contributed by atoms with E-state index >= 15 is 0 Å². The molecule has 6 nitrogen and oxygen atoms in total. The van der Waals surface area contributed by atoms with Crippen LogP contribution in [-0.2, 0) is 16.6 Å². The van der Waals surface area contributed by atoms with Crippen LogP contribution in [0.15, 0.2) is 45.9 Å². The third-order valence-electron chi connectivity index (χ3n) is 4.38. The number of carbonyl (C=O) groups excluding carboxylic acids is 1. The molecule has 3 rings (SSSR count). The average molecular weight is 397 g/mol. The van der Waals surface area contributed by atoms with Gasteiger partial charge in [-0.25, -0.2) is 8.42 Å². The zero-order chi connectivity index (χ0) is 18.6. The largest absolute Gasteiger partial charge is 0.467 e. The fraction of sp³-hybridized carbons (Fsp3) is 0.389. The van der Waals surface area contributed by atoms with Crippen LogP contribution in [0.3, 0.4) is 0 Å². The Morgan fingerprint density at radius 2 is 1.88 bits per heavy atom. The van der Waals surface area contributed by atoms with Crippen LogP contribution in [0.4, 0.5) is 0 Å². The Balaban J connectivity index is 1.81. The van der Waals surface area contributed by atoms with Gasteiger partial charge in [-0.3, -0.25) is 4.79 Å². The average Bonchev–Trinajstić information content (AvgIpc) is 2.99. The van der Waals surface area contributed by atoms with Crippen molar-refractivity contribution in [3.63, 3.8) is 0 Å². The summed E-state index contributed by atoms with van der Waals surface area (Å²) in [5.41, 5.74) is 0.245. The van der Waals surface area contributed by atoms with Gasteiger partial charge in [0.1, 0.15) is 10.7 Å². The molecule has 1 aliphatic rings. The number of sulfonamides is 1. The Bertz CT molecular complexity index is 857. The second kappa shape index (κ2) is 8.24. The van der Waals surface area contributed by atoms with Gasteiger partial charge in [0.2, 0.25) is 10.0 Å². The minimum absolute atomic E-state index is 0.0216. The van der Waals surface area contributed by atoms with Crippen LogP contribution >= 0.6 is 11.6 Å². The van der Waals surface area contributed by atoms with Crippen LogP contribution in [0.5, 0.6) is 0 Å². The van der Waals surface area contributed by atoms with Gasteiger partial charge in [-0.1, -0.05) is 24.4 Å². The Morgan fingerprint density at radius 3 is 2.54 bits per heavy atom. The molecule has 0 bridgehead atoms. The van der Waals surface area contributed by atoms with E-state index < -0.39 is 10.0 Å². The second-order valence-corrected chi connectivity index (χ2v) is 8.54. The van der Waals surface area contributed by atoms with Crippen molar-refractivity contribution in [2.45, 2.75) is 37.1 Å². The molecule has 140 valence electrons. The molecular weight excluding hydrogens is 376 g/mol. The summed E-state index contributed by atoms with van der Waals surface area (Å²) in [5, 5.41) is 2.83. The summed E-state index contributed by atoms with van der Waals surface area (Å²) in [4.78, 5) is 12.3. The number of nitrogens with one attached hydrogen (secondary N) is 1. The van der Waals surface area contributed by atoms with Gasteiger partial charge in [-0.05, 0) is 43.2 Å². The molecule has 0 radical (unpaired) electrons. The Morgan fingerprint density at radius 1 is 1.15 bits per heavy atom. The lowest BCUT2D eigenvalue weighted by Crippen LogP contribution is -2.32. The van der Waals surface area contributed by atoms with Gasteiger partial charge in [0.25, 0.3) is 5.91 Å². The zero-order valence-corrected chi connectivity index (χ0v) is 15.9. The van der Waals surface area contributed by atoms with E-state index in [-0.39, 0.29) is 27.9 Å². The van der Waals surface area contributed by atoms with Crippen molar-refractivity contribution in [1.82, 2.24) is 9.62 Å². The smallest absolute Gasteiger partial charge is 0.251 e. The topological polar surface area (TPSA) is 79.6 Å². The number of nitrogens with zero attached hydrogens (tertiary/aromatic N) is 1. The van der Waals surface area contributed by atoms with E-state index in [2.05, 4.69) is 5.32 Å². The third-order valence-corrected chi connectivity index (χ3v) is 6.76. The molecule has 1 fully saturated rings. The third kappa shape index (κ3) is 4.28. The predicted molar refractivity (Wildman–Crippen MR) is 98.6 cm³/mol. The van der Waals surface area contributed by atoms with Gasteiger partial charge in [-0.2, -0.15) is 4.31 Å². The minimum Gasteiger partial charge on any atom is -0.467 e. The quantitative estimate of drug-likeness (QED) is 0.839. The maximum absolute atomic E-state index is 13.0. The van der Waals surface area contributed by atoms with E-state index in [1.54, 1.807) is 12.1 Å². The van der Waals surface area contributed by atoms with Gasteiger partial charge < -0.3 is 9.73 Å². The molecule has 1 saturated heterocycles. The number of furan rings is 1. The summed E-state index contributed by atoms with van der Waals surface area (Å²) in [5.74, 6) is 0.232. The first-order valence-corrected chi connectivity index (χ1v) is 10.4. The number of hydrogen-bond acceptors (Lipinski definition) is 4. The van der Waals surface area contributed by atoms with Crippen molar-refractivity contribution in [3.8, 4) is 0 Å². The fourth-order valence-corrected chi connectivity index (χ4v) is 4.96. The fourth-order valence-electron chi connectivity index (χ4n) is 2.95. The summed E-state index contributed by atoms with van der Waals surface area (Å²) in [7, 11) is -3.73. The first-order valence-electron chi connectivity index (χ1n) is 8.59. The molecule has 26 heavy (non-hydrogen) atoms. The van der Waals surface area contributed by atoms with Gasteiger partial charge in [0.05, 0.1) is 17.8 Å².